The zero-order chi connectivity index (χ0) is 24.4. The Morgan fingerprint density at radius 2 is 1.68 bits per heavy atom. The molecule has 1 fully saturated rings. The molecule has 3 aromatic carbocycles. The molecule has 0 bridgehead atoms. The van der Waals surface area contributed by atoms with E-state index in [1.807, 2.05) is 13.8 Å². The molecule has 174 valence electrons. The molecule has 4 rings (SSSR count). The van der Waals surface area contributed by atoms with Crippen molar-refractivity contribution in [2.45, 2.75) is 19.9 Å². The quantitative estimate of drug-likeness (QED) is 0.279. The van der Waals surface area contributed by atoms with E-state index < -0.39 is 17.7 Å². The SMILES string of the molecule is CC(C)COc1ccc(/C(O)=C2/C(=O)C(=O)N(c3ccccc3O)C2c2cccc(O)c2)cc1. The van der Waals surface area contributed by atoms with Crippen molar-refractivity contribution in [3.8, 4) is 17.2 Å². The summed E-state index contributed by atoms with van der Waals surface area (Å²) in [6, 6.07) is 17.8. The van der Waals surface area contributed by atoms with Crippen LogP contribution in [0, 0.1) is 5.92 Å². The lowest BCUT2D eigenvalue weighted by molar-refractivity contribution is -0.132. The summed E-state index contributed by atoms with van der Waals surface area (Å²) in [5.41, 5.74) is 0.711. The molecule has 7 nitrogen and oxygen atoms in total. The number of aliphatic hydroxyl groups is 1. The summed E-state index contributed by atoms with van der Waals surface area (Å²) in [6.07, 6.45) is 0. The number of aliphatic hydroxyl groups excluding tert-OH is 1. The smallest absolute Gasteiger partial charge is 0.300 e. The molecule has 0 radical (unpaired) electrons. The maximum absolute atomic E-state index is 13.2. The first kappa shape index (κ1) is 22.9. The van der Waals surface area contributed by atoms with Crippen molar-refractivity contribution in [3.05, 3.63) is 89.5 Å². The van der Waals surface area contributed by atoms with Gasteiger partial charge in [-0.15, -0.1) is 0 Å². The van der Waals surface area contributed by atoms with E-state index in [0.29, 0.717) is 29.4 Å². The Hall–Kier alpha value is -4.26. The standard InChI is InChI=1S/C27H25NO6/c1-16(2)15-34-20-12-10-17(11-13-20)25(31)23-24(18-6-5-7-19(29)14-18)28(27(33)26(23)32)21-8-3-4-9-22(21)30/h3-14,16,24,29-31H,15H2,1-2H3/b25-23-. The molecule has 1 saturated heterocycles. The van der Waals surface area contributed by atoms with E-state index in [9.17, 15) is 24.9 Å². The van der Waals surface area contributed by atoms with Crippen molar-refractivity contribution in [2.75, 3.05) is 11.5 Å². The van der Waals surface area contributed by atoms with Gasteiger partial charge in [0.05, 0.1) is 23.9 Å². The Morgan fingerprint density at radius 1 is 0.971 bits per heavy atom. The third-order valence-electron chi connectivity index (χ3n) is 5.48. The van der Waals surface area contributed by atoms with E-state index in [4.69, 9.17) is 4.74 Å². The summed E-state index contributed by atoms with van der Waals surface area (Å²) < 4.78 is 5.67. The molecule has 1 aliphatic heterocycles. The van der Waals surface area contributed by atoms with Crippen LogP contribution in [0.3, 0.4) is 0 Å². The molecule has 1 amide bonds. The number of benzene rings is 3. The van der Waals surface area contributed by atoms with Crippen LogP contribution in [0.15, 0.2) is 78.4 Å². The van der Waals surface area contributed by atoms with Gasteiger partial charge in [0.1, 0.15) is 23.0 Å². The van der Waals surface area contributed by atoms with Gasteiger partial charge in [0.2, 0.25) is 0 Å². The van der Waals surface area contributed by atoms with Crippen LogP contribution >= 0.6 is 0 Å². The third-order valence-corrected chi connectivity index (χ3v) is 5.48. The third kappa shape index (κ3) is 4.32. The first-order valence-corrected chi connectivity index (χ1v) is 10.9. The maximum atomic E-state index is 13.2. The largest absolute Gasteiger partial charge is 0.508 e. The van der Waals surface area contributed by atoms with Crippen LogP contribution in [0.1, 0.15) is 31.0 Å². The molecular weight excluding hydrogens is 434 g/mol. The number of carbonyl (C=O) groups excluding carboxylic acids is 2. The molecule has 3 N–H and O–H groups in total. The molecule has 34 heavy (non-hydrogen) atoms. The fraction of sp³-hybridized carbons (Fsp3) is 0.185. The van der Waals surface area contributed by atoms with Crippen molar-refractivity contribution in [1.29, 1.82) is 0 Å². The number of para-hydroxylation sites is 2. The first-order valence-electron chi connectivity index (χ1n) is 10.9. The Kier molecular flexibility index (Phi) is 6.27. The Balaban J connectivity index is 1.84. The molecule has 7 heteroatoms. The molecule has 1 atom stereocenters. The normalized spacial score (nSPS) is 17.4. The molecular formula is C27H25NO6. The highest BCUT2D eigenvalue weighted by atomic mass is 16.5. The summed E-state index contributed by atoms with van der Waals surface area (Å²) in [6.45, 7) is 4.60. The van der Waals surface area contributed by atoms with E-state index in [0.717, 1.165) is 4.90 Å². The zero-order valence-corrected chi connectivity index (χ0v) is 18.8. The van der Waals surface area contributed by atoms with E-state index >= 15 is 0 Å². The Bertz CT molecular complexity index is 1260. The van der Waals surface area contributed by atoms with Gasteiger partial charge in [-0.2, -0.15) is 0 Å². The topological polar surface area (TPSA) is 107 Å². The molecule has 1 unspecified atom stereocenters. The lowest BCUT2D eigenvalue weighted by Crippen LogP contribution is -2.29. The number of Topliss-reactive ketones (excluding diaryl/α,β-unsaturated/α-hetero) is 1. The predicted octanol–water partition coefficient (Wildman–Crippen LogP) is 4.76. The summed E-state index contributed by atoms with van der Waals surface area (Å²) in [5, 5.41) is 31.6. The van der Waals surface area contributed by atoms with E-state index in [1.54, 1.807) is 48.5 Å². The highest BCUT2D eigenvalue weighted by Crippen LogP contribution is 2.45. The second-order valence-electron chi connectivity index (χ2n) is 8.48. The van der Waals surface area contributed by atoms with Crippen LogP contribution in [0.25, 0.3) is 5.76 Å². The molecule has 3 aromatic rings. The predicted molar refractivity (Wildman–Crippen MR) is 128 cm³/mol. The summed E-state index contributed by atoms with van der Waals surface area (Å²) in [7, 11) is 0. The monoisotopic (exact) mass is 459 g/mol. The van der Waals surface area contributed by atoms with Crippen molar-refractivity contribution in [2.24, 2.45) is 5.92 Å². The zero-order valence-electron chi connectivity index (χ0n) is 18.8. The minimum absolute atomic E-state index is 0.0629. The lowest BCUT2D eigenvalue weighted by Gasteiger charge is -2.26. The lowest BCUT2D eigenvalue weighted by atomic mass is 9.95. The number of phenols is 2. The highest BCUT2D eigenvalue weighted by molar-refractivity contribution is 6.51. The maximum Gasteiger partial charge on any atom is 0.300 e. The fourth-order valence-corrected chi connectivity index (χ4v) is 3.89. The number of carbonyl (C=O) groups is 2. The number of ketones is 1. The van der Waals surface area contributed by atoms with Crippen molar-refractivity contribution in [3.63, 3.8) is 0 Å². The minimum Gasteiger partial charge on any atom is -0.508 e. The number of anilines is 1. The number of phenolic OH excluding ortho intramolecular Hbond substituents is 2. The van der Waals surface area contributed by atoms with E-state index in [-0.39, 0.29) is 28.5 Å². The van der Waals surface area contributed by atoms with E-state index in [2.05, 4.69) is 0 Å². The van der Waals surface area contributed by atoms with Gasteiger partial charge in [0, 0.05) is 5.56 Å². The summed E-state index contributed by atoms with van der Waals surface area (Å²) in [4.78, 5) is 27.4. The summed E-state index contributed by atoms with van der Waals surface area (Å²) >= 11 is 0. The van der Waals surface area contributed by atoms with Crippen LogP contribution < -0.4 is 9.64 Å². The van der Waals surface area contributed by atoms with Crippen LogP contribution in [0.5, 0.6) is 17.2 Å². The molecule has 0 spiro atoms. The van der Waals surface area contributed by atoms with Crippen molar-refractivity contribution < 1.29 is 29.6 Å². The van der Waals surface area contributed by atoms with Gasteiger partial charge in [0.15, 0.2) is 0 Å². The summed E-state index contributed by atoms with van der Waals surface area (Å²) in [5.74, 6) is -1.44. The van der Waals surface area contributed by atoms with Crippen LogP contribution in [-0.2, 0) is 9.59 Å². The number of rotatable bonds is 6. The van der Waals surface area contributed by atoms with Crippen molar-refractivity contribution in [1.82, 2.24) is 0 Å². The van der Waals surface area contributed by atoms with Gasteiger partial charge >= 0.3 is 0 Å². The second kappa shape index (κ2) is 9.31. The fourth-order valence-electron chi connectivity index (χ4n) is 3.89. The van der Waals surface area contributed by atoms with Gasteiger partial charge < -0.3 is 20.1 Å². The van der Waals surface area contributed by atoms with Crippen LogP contribution in [0.2, 0.25) is 0 Å². The van der Waals surface area contributed by atoms with Crippen molar-refractivity contribution >= 4 is 23.1 Å². The molecule has 0 aliphatic carbocycles. The van der Waals surface area contributed by atoms with Gasteiger partial charge in [-0.3, -0.25) is 14.5 Å². The molecule has 0 aromatic heterocycles. The average molecular weight is 459 g/mol. The average Bonchev–Trinajstić information content (AvgIpc) is 3.08. The van der Waals surface area contributed by atoms with Crippen LogP contribution in [-0.4, -0.2) is 33.6 Å². The van der Waals surface area contributed by atoms with Gasteiger partial charge in [0.25, 0.3) is 11.7 Å². The molecule has 1 aliphatic rings. The molecule has 1 heterocycles. The number of nitrogens with zero attached hydrogens (tertiary/aromatic N) is 1. The first-order chi connectivity index (χ1) is 16.3. The van der Waals surface area contributed by atoms with Gasteiger partial charge in [-0.25, -0.2) is 0 Å². The van der Waals surface area contributed by atoms with E-state index in [1.165, 1.54) is 24.3 Å². The Morgan fingerprint density at radius 3 is 2.32 bits per heavy atom. The number of aromatic hydroxyl groups is 2. The second-order valence-corrected chi connectivity index (χ2v) is 8.48. The minimum atomic E-state index is -1.06. The van der Waals surface area contributed by atoms with Gasteiger partial charge in [-0.1, -0.05) is 38.1 Å². The van der Waals surface area contributed by atoms with Crippen LogP contribution in [0.4, 0.5) is 5.69 Å². The highest BCUT2D eigenvalue weighted by Gasteiger charge is 2.47. The number of hydrogen-bond acceptors (Lipinski definition) is 6. The molecule has 0 saturated carbocycles. The number of amides is 1. The number of hydrogen-bond donors (Lipinski definition) is 3. The van der Waals surface area contributed by atoms with Gasteiger partial charge in [-0.05, 0) is 60.0 Å². The number of ether oxygens (including phenoxy) is 1. The Labute approximate surface area is 197 Å².